The third kappa shape index (κ3) is 3.60. The summed E-state index contributed by atoms with van der Waals surface area (Å²) in [6, 6.07) is 19.7. The SMILES string of the molecule is COc1ccc(Cl)cc1N1C[C@@H](c2nc3ccccc3n2Cc2ccccc2F)CC1=O. The van der Waals surface area contributed by atoms with E-state index in [0.29, 0.717) is 41.5 Å². The number of rotatable bonds is 5. The second-order valence-electron chi connectivity index (χ2n) is 7.86. The number of para-hydroxylation sites is 2. The Kier molecular flexibility index (Phi) is 5.31. The van der Waals surface area contributed by atoms with Crippen molar-refractivity contribution in [1.29, 1.82) is 0 Å². The minimum absolute atomic E-state index is 0.0277. The maximum absolute atomic E-state index is 14.4. The highest BCUT2D eigenvalue weighted by Gasteiger charge is 2.36. The summed E-state index contributed by atoms with van der Waals surface area (Å²) in [6.07, 6.45) is 0.302. The molecule has 5 nitrogen and oxygen atoms in total. The molecule has 32 heavy (non-hydrogen) atoms. The quantitative estimate of drug-likeness (QED) is 0.409. The number of anilines is 1. The number of carbonyl (C=O) groups excluding carboxylic acids is 1. The Morgan fingerprint density at radius 1 is 1.12 bits per heavy atom. The van der Waals surface area contributed by atoms with Crippen molar-refractivity contribution in [3.63, 3.8) is 0 Å². The summed E-state index contributed by atoms with van der Waals surface area (Å²) in [5.74, 6) is 0.920. The third-order valence-electron chi connectivity index (χ3n) is 5.89. The lowest BCUT2D eigenvalue weighted by Gasteiger charge is -2.20. The van der Waals surface area contributed by atoms with Gasteiger partial charge in [-0.3, -0.25) is 4.79 Å². The van der Waals surface area contributed by atoms with Crippen molar-refractivity contribution >= 4 is 34.2 Å². The van der Waals surface area contributed by atoms with E-state index in [9.17, 15) is 9.18 Å². The molecule has 5 rings (SSSR count). The fourth-order valence-electron chi connectivity index (χ4n) is 4.36. The van der Waals surface area contributed by atoms with Gasteiger partial charge in [0.15, 0.2) is 0 Å². The molecule has 1 fully saturated rings. The highest BCUT2D eigenvalue weighted by molar-refractivity contribution is 6.31. The standard InChI is InChI=1S/C25H21ClFN3O2/c1-32-23-11-10-18(26)13-22(23)29-15-17(12-24(29)31)25-28-20-8-4-5-9-21(20)30(25)14-16-6-2-3-7-19(16)27/h2-11,13,17H,12,14-15H2,1H3/t17-/m0/s1. The highest BCUT2D eigenvalue weighted by atomic mass is 35.5. The van der Waals surface area contributed by atoms with Crippen LogP contribution < -0.4 is 9.64 Å². The molecule has 1 aliphatic heterocycles. The average molecular weight is 450 g/mol. The van der Waals surface area contributed by atoms with Crippen LogP contribution in [0.3, 0.4) is 0 Å². The van der Waals surface area contributed by atoms with Crippen LogP contribution in [0.1, 0.15) is 23.7 Å². The van der Waals surface area contributed by atoms with E-state index >= 15 is 0 Å². The van der Waals surface area contributed by atoms with E-state index in [0.717, 1.165) is 16.9 Å². The van der Waals surface area contributed by atoms with Crippen LogP contribution in [-0.2, 0) is 11.3 Å². The maximum Gasteiger partial charge on any atom is 0.227 e. The van der Waals surface area contributed by atoms with Gasteiger partial charge in [-0.15, -0.1) is 0 Å². The minimum Gasteiger partial charge on any atom is -0.495 e. The predicted octanol–water partition coefficient (Wildman–Crippen LogP) is 5.41. The second-order valence-corrected chi connectivity index (χ2v) is 8.29. The fourth-order valence-corrected chi connectivity index (χ4v) is 4.52. The minimum atomic E-state index is -0.260. The van der Waals surface area contributed by atoms with Gasteiger partial charge >= 0.3 is 0 Å². The molecule has 1 saturated heterocycles. The largest absolute Gasteiger partial charge is 0.495 e. The first-order valence-electron chi connectivity index (χ1n) is 10.4. The molecule has 162 valence electrons. The number of amides is 1. The van der Waals surface area contributed by atoms with Gasteiger partial charge in [0.25, 0.3) is 0 Å². The monoisotopic (exact) mass is 449 g/mol. The number of benzene rings is 3. The van der Waals surface area contributed by atoms with E-state index in [2.05, 4.69) is 0 Å². The molecule has 0 radical (unpaired) electrons. The van der Waals surface area contributed by atoms with Gasteiger partial charge in [-0.05, 0) is 36.4 Å². The van der Waals surface area contributed by atoms with Crippen molar-refractivity contribution in [2.24, 2.45) is 0 Å². The highest BCUT2D eigenvalue weighted by Crippen LogP contribution is 2.38. The lowest BCUT2D eigenvalue weighted by atomic mass is 10.1. The van der Waals surface area contributed by atoms with Gasteiger partial charge < -0.3 is 14.2 Å². The molecule has 7 heteroatoms. The fraction of sp³-hybridized carbons (Fsp3) is 0.200. The summed E-state index contributed by atoms with van der Waals surface area (Å²) in [4.78, 5) is 19.6. The Labute approximate surface area is 190 Å². The number of hydrogen-bond acceptors (Lipinski definition) is 3. The predicted molar refractivity (Wildman–Crippen MR) is 123 cm³/mol. The zero-order valence-electron chi connectivity index (χ0n) is 17.5. The normalized spacial score (nSPS) is 16.2. The molecule has 1 aromatic heterocycles. The summed E-state index contributed by atoms with van der Waals surface area (Å²) in [5, 5.41) is 0.531. The smallest absolute Gasteiger partial charge is 0.227 e. The first kappa shape index (κ1) is 20.5. The molecule has 0 saturated carbocycles. The molecule has 2 heterocycles. The molecule has 1 aliphatic rings. The molecule has 0 N–H and O–H groups in total. The van der Waals surface area contributed by atoms with Crippen molar-refractivity contribution in [3.05, 3.63) is 89.0 Å². The van der Waals surface area contributed by atoms with E-state index in [-0.39, 0.29) is 17.6 Å². The van der Waals surface area contributed by atoms with Crippen LogP contribution in [-0.4, -0.2) is 29.1 Å². The van der Waals surface area contributed by atoms with Crippen molar-refractivity contribution in [3.8, 4) is 5.75 Å². The second kappa shape index (κ2) is 8.28. The van der Waals surface area contributed by atoms with Crippen molar-refractivity contribution in [2.75, 3.05) is 18.6 Å². The zero-order chi connectivity index (χ0) is 22.2. The average Bonchev–Trinajstić information content (AvgIpc) is 3.36. The van der Waals surface area contributed by atoms with Crippen LogP contribution in [0.4, 0.5) is 10.1 Å². The molecule has 3 aromatic carbocycles. The van der Waals surface area contributed by atoms with Crippen molar-refractivity contribution < 1.29 is 13.9 Å². The molecule has 0 aliphatic carbocycles. The Balaban J connectivity index is 1.55. The number of methoxy groups -OCH3 is 1. The first-order valence-corrected chi connectivity index (χ1v) is 10.8. The van der Waals surface area contributed by atoms with Gasteiger partial charge in [0.2, 0.25) is 5.91 Å². The van der Waals surface area contributed by atoms with Crippen LogP contribution in [0, 0.1) is 5.82 Å². The number of ether oxygens (including phenoxy) is 1. The number of aromatic nitrogens is 2. The van der Waals surface area contributed by atoms with Crippen LogP contribution in [0.2, 0.25) is 5.02 Å². The molecule has 0 unspecified atom stereocenters. The van der Waals surface area contributed by atoms with E-state index in [1.165, 1.54) is 6.07 Å². The topological polar surface area (TPSA) is 47.4 Å². The zero-order valence-corrected chi connectivity index (χ0v) is 18.2. The number of imidazole rings is 1. The van der Waals surface area contributed by atoms with E-state index in [1.54, 1.807) is 42.3 Å². The molecule has 4 aromatic rings. The van der Waals surface area contributed by atoms with E-state index < -0.39 is 0 Å². The lowest BCUT2D eigenvalue weighted by molar-refractivity contribution is -0.117. The van der Waals surface area contributed by atoms with Crippen LogP contribution in [0.5, 0.6) is 5.75 Å². The third-order valence-corrected chi connectivity index (χ3v) is 6.13. The van der Waals surface area contributed by atoms with Crippen LogP contribution in [0.15, 0.2) is 66.7 Å². The van der Waals surface area contributed by atoms with Crippen LogP contribution in [0.25, 0.3) is 11.0 Å². The molecule has 0 spiro atoms. The molecule has 1 atom stereocenters. The summed E-state index contributed by atoms with van der Waals surface area (Å²) in [7, 11) is 1.57. The summed E-state index contributed by atoms with van der Waals surface area (Å²) < 4.78 is 21.9. The molecular formula is C25H21ClFN3O2. The number of hydrogen-bond donors (Lipinski definition) is 0. The Morgan fingerprint density at radius 3 is 2.72 bits per heavy atom. The Hall–Kier alpha value is -3.38. The number of carbonyl (C=O) groups is 1. The van der Waals surface area contributed by atoms with E-state index in [1.807, 2.05) is 34.9 Å². The Bertz CT molecular complexity index is 1320. The van der Waals surface area contributed by atoms with Gasteiger partial charge in [0.05, 0.1) is 30.4 Å². The number of nitrogens with zero attached hydrogens (tertiary/aromatic N) is 3. The Morgan fingerprint density at radius 2 is 1.91 bits per heavy atom. The van der Waals surface area contributed by atoms with Gasteiger partial charge in [-0.25, -0.2) is 9.37 Å². The molecular weight excluding hydrogens is 429 g/mol. The van der Waals surface area contributed by atoms with E-state index in [4.69, 9.17) is 21.3 Å². The molecule has 1 amide bonds. The number of halogens is 2. The van der Waals surface area contributed by atoms with Crippen LogP contribution >= 0.6 is 11.6 Å². The van der Waals surface area contributed by atoms with Crippen molar-refractivity contribution in [1.82, 2.24) is 9.55 Å². The molecule has 0 bridgehead atoms. The lowest BCUT2D eigenvalue weighted by Crippen LogP contribution is -2.25. The summed E-state index contributed by atoms with van der Waals surface area (Å²) in [5.41, 5.74) is 2.96. The summed E-state index contributed by atoms with van der Waals surface area (Å²) >= 11 is 6.19. The van der Waals surface area contributed by atoms with Crippen molar-refractivity contribution in [2.45, 2.75) is 18.9 Å². The van der Waals surface area contributed by atoms with Gasteiger partial charge in [-0.2, -0.15) is 0 Å². The van der Waals surface area contributed by atoms with Gasteiger partial charge in [0, 0.05) is 29.5 Å². The maximum atomic E-state index is 14.4. The van der Waals surface area contributed by atoms with Gasteiger partial charge in [-0.1, -0.05) is 41.9 Å². The first-order chi connectivity index (χ1) is 15.5. The number of fused-ring (bicyclic) bond motifs is 1. The summed E-state index contributed by atoms with van der Waals surface area (Å²) in [6.45, 7) is 0.782. The van der Waals surface area contributed by atoms with Gasteiger partial charge in [0.1, 0.15) is 17.4 Å².